The zero-order valence-corrected chi connectivity index (χ0v) is 13.3. The summed E-state index contributed by atoms with van der Waals surface area (Å²) >= 11 is 0. The second-order valence-electron chi connectivity index (χ2n) is 4.94. The lowest BCUT2D eigenvalue weighted by molar-refractivity contribution is -0.165. The molecule has 0 aliphatic carbocycles. The molecule has 0 spiro atoms. The van der Waals surface area contributed by atoms with Crippen LogP contribution in [-0.4, -0.2) is 44.1 Å². The molecule has 0 saturated carbocycles. The van der Waals surface area contributed by atoms with Gasteiger partial charge in [-0.1, -0.05) is 12.1 Å². The summed E-state index contributed by atoms with van der Waals surface area (Å²) in [6.45, 7) is 3.67. The Bertz CT molecular complexity index is 483. The summed E-state index contributed by atoms with van der Waals surface area (Å²) < 4.78 is 23.1. The molecule has 0 amide bonds. The second-order valence-corrected chi connectivity index (χ2v) is 4.94. The van der Waals surface area contributed by atoms with Crippen LogP contribution in [0.15, 0.2) is 24.3 Å². The fraction of sp³-hybridized carbons (Fsp3) is 0.500. The van der Waals surface area contributed by atoms with Gasteiger partial charge in [0, 0.05) is 0 Å². The zero-order valence-electron chi connectivity index (χ0n) is 13.3. The van der Waals surface area contributed by atoms with Gasteiger partial charge >= 0.3 is 11.9 Å². The third-order valence-electron chi connectivity index (χ3n) is 3.16. The van der Waals surface area contributed by atoms with Crippen molar-refractivity contribution in [1.82, 2.24) is 4.90 Å². The van der Waals surface area contributed by atoms with E-state index in [1.54, 1.807) is 45.0 Å². The molecule has 122 valence electrons. The largest absolute Gasteiger partial charge is 0.465 e. The van der Waals surface area contributed by atoms with E-state index in [1.807, 2.05) is 0 Å². The van der Waals surface area contributed by atoms with Gasteiger partial charge in [-0.05, 0) is 45.6 Å². The Morgan fingerprint density at radius 3 is 1.86 bits per heavy atom. The first kappa shape index (κ1) is 18.1. The van der Waals surface area contributed by atoms with E-state index in [9.17, 15) is 14.0 Å². The first-order valence-electron chi connectivity index (χ1n) is 7.17. The van der Waals surface area contributed by atoms with Crippen molar-refractivity contribution in [3.05, 3.63) is 35.6 Å². The van der Waals surface area contributed by atoms with Crippen molar-refractivity contribution < 1.29 is 23.5 Å². The predicted molar refractivity (Wildman–Crippen MR) is 79.6 cm³/mol. The van der Waals surface area contributed by atoms with Gasteiger partial charge in [-0.3, -0.25) is 9.59 Å². The van der Waals surface area contributed by atoms with Crippen LogP contribution in [0.4, 0.5) is 4.39 Å². The van der Waals surface area contributed by atoms with Gasteiger partial charge in [0.1, 0.15) is 5.82 Å². The smallest absolute Gasteiger partial charge is 0.322 e. The summed E-state index contributed by atoms with van der Waals surface area (Å²) in [5, 5.41) is 0. The molecule has 0 aliphatic heterocycles. The van der Waals surface area contributed by atoms with E-state index >= 15 is 0 Å². The van der Waals surface area contributed by atoms with Crippen LogP contribution in [0.3, 0.4) is 0 Å². The highest BCUT2D eigenvalue weighted by molar-refractivity contribution is 5.96. The van der Waals surface area contributed by atoms with Crippen LogP contribution >= 0.6 is 0 Å². The van der Waals surface area contributed by atoms with E-state index in [4.69, 9.17) is 9.47 Å². The summed E-state index contributed by atoms with van der Waals surface area (Å²) in [7, 11) is 3.47. The lowest BCUT2D eigenvalue weighted by atomic mass is 9.92. The fourth-order valence-corrected chi connectivity index (χ4v) is 2.27. The summed E-state index contributed by atoms with van der Waals surface area (Å²) in [5.74, 6) is -2.81. The summed E-state index contributed by atoms with van der Waals surface area (Å²) in [6, 6.07) is 5.08. The summed E-state index contributed by atoms with van der Waals surface area (Å²) in [6.07, 6.45) is 0. The second kappa shape index (κ2) is 8.48. The minimum absolute atomic E-state index is 0.165. The maximum absolute atomic E-state index is 13.1. The van der Waals surface area contributed by atoms with Crippen molar-refractivity contribution in [2.24, 2.45) is 5.92 Å². The highest BCUT2D eigenvalue weighted by Gasteiger charge is 2.39. The maximum atomic E-state index is 13.1. The van der Waals surface area contributed by atoms with Crippen LogP contribution in [0.25, 0.3) is 0 Å². The van der Waals surface area contributed by atoms with Gasteiger partial charge in [-0.2, -0.15) is 0 Å². The minimum Gasteiger partial charge on any atom is -0.465 e. The normalized spacial score (nSPS) is 12.3. The number of nitrogens with zero attached hydrogens (tertiary/aromatic N) is 1. The minimum atomic E-state index is -1.12. The van der Waals surface area contributed by atoms with E-state index in [2.05, 4.69) is 0 Å². The number of carbonyl (C=O) groups excluding carboxylic acids is 2. The van der Waals surface area contributed by atoms with E-state index in [1.165, 1.54) is 12.1 Å². The average molecular weight is 311 g/mol. The summed E-state index contributed by atoms with van der Waals surface area (Å²) in [4.78, 5) is 26.2. The lowest BCUT2D eigenvalue weighted by Crippen LogP contribution is -2.39. The molecule has 1 aromatic rings. The Balaban J connectivity index is 3.22. The average Bonchev–Trinajstić information content (AvgIpc) is 2.45. The molecule has 0 aliphatic rings. The molecular formula is C16H22FNO4. The molecule has 0 bridgehead atoms. The SMILES string of the molecule is CCOC(=O)C(C(=O)OCC)[C@H](c1ccc(F)cc1)N(C)C. The number of ether oxygens (including phenoxy) is 2. The number of halogens is 1. The van der Waals surface area contributed by atoms with Crippen molar-refractivity contribution in [1.29, 1.82) is 0 Å². The first-order chi connectivity index (χ1) is 10.4. The highest BCUT2D eigenvalue weighted by Crippen LogP contribution is 2.29. The number of hydrogen-bond acceptors (Lipinski definition) is 5. The fourth-order valence-electron chi connectivity index (χ4n) is 2.27. The van der Waals surface area contributed by atoms with E-state index < -0.39 is 23.9 Å². The predicted octanol–water partition coefficient (Wildman–Crippen LogP) is 2.17. The van der Waals surface area contributed by atoms with Crippen molar-refractivity contribution in [3.8, 4) is 0 Å². The van der Waals surface area contributed by atoms with E-state index in [0.717, 1.165) is 0 Å². The van der Waals surface area contributed by atoms with Gasteiger partial charge in [0.05, 0.1) is 19.3 Å². The molecule has 0 radical (unpaired) electrons. The molecule has 0 fully saturated rings. The van der Waals surface area contributed by atoms with Crippen LogP contribution < -0.4 is 0 Å². The zero-order chi connectivity index (χ0) is 16.7. The quantitative estimate of drug-likeness (QED) is 0.570. The van der Waals surface area contributed by atoms with Crippen molar-refractivity contribution in [3.63, 3.8) is 0 Å². The van der Waals surface area contributed by atoms with E-state index in [0.29, 0.717) is 5.56 Å². The Morgan fingerprint density at radius 1 is 1.05 bits per heavy atom. The first-order valence-corrected chi connectivity index (χ1v) is 7.17. The number of hydrogen-bond donors (Lipinski definition) is 0. The Kier molecular flexibility index (Phi) is 6.98. The third-order valence-corrected chi connectivity index (χ3v) is 3.16. The van der Waals surface area contributed by atoms with Gasteiger partial charge in [0.15, 0.2) is 5.92 Å². The molecule has 0 heterocycles. The van der Waals surface area contributed by atoms with Crippen LogP contribution in [0, 0.1) is 11.7 Å². The summed E-state index contributed by atoms with van der Waals surface area (Å²) in [5.41, 5.74) is 0.637. The monoisotopic (exact) mass is 311 g/mol. The van der Waals surface area contributed by atoms with Crippen molar-refractivity contribution in [2.75, 3.05) is 27.3 Å². The Labute approximate surface area is 130 Å². The van der Waals surface area contributed by atoms with E-state index in [-0.39, 0.29) is 19.0 Å². The van der Waals surface area contributed by atoms with Crippen molar-refractivity contribution in [2.45, 2.75) is 19.9 Å². The van der Waals surface area contributed by atoms with Gasteiger partial charge in [0.25, 0.3) is 0 Å². The third kappa shape index (κ3) is 4.53. The topological polar surface area (TPSA) is 55.8 Å². The van der Waals surface area contributed by atoms with Gasteiger partial charge in [0.2, 0.25) is 0 Å². The van der Waals surface area contributed by atoms with Crippen LogP contribution in [0.1, 0.15) is 25.5 Å². The van der Waals surface area contributed by atoms with Gasteiger partial charge in [-0.25, -0.2) is 4.39 Å². The number of esters is 2. The van der Waals surface area contributed by atoms with Crippen LogP contribution in [0.5, 0.6) is 0 Å². The molecule has 0 N–H and O–H groups in total. The molecule has 0 saturated heterocycles. The molecule has 5 nitrogen and oxygen atoms in total. The molecular weight excluding hydrogens is 289 g/mol. The molecule has 1 rings (SSSR count). The van der Waals surface area contributed by atoms with Crippen molar-refractivity contribution >= 4 is 11.9 Å². The van der Waals surface area contributed by atoms with Gasteiger partial charge < -0.3 is 14.4 Å². The number of carbonyl (C=O) groups is 2. The molecule has 6 heteroatoms. The molecule has 1 atom stereocenters. The van der Waals surface area contributed by atoms with Crippen LogP contribution in [0.2, 0.25) is 0 Å². The molecule has 0 aromatic heterocycles. The molecule has 0 unspecified atom stereocenters. The Hall–Kier alpha value is -1.95. The lowest BCUT2D eigenvalue weighted by Gasteiger charge is -2.30. The molecule has 1 aromatic carbocycles. The van der Waals surface area contributed by atoms with Crippen LogP contribution in [-0.2, 0) is 19.1 Å². The van der Waals surface area contributed by atoms with Gasteiger partial charge in [-0.15, -0.1) is 0 Å². The standard InChI is InChI=1S/C16H22FNO4/c1-5-21-15(19)13(16(20)22-6-2)14(18(3)4)11-7-9-12(17)10-8-11/h7-10,13-14H,5-6H2,1-4H3/t14-/m0/s1. The number of rotatable bonds is 7. The highest BCUT2D eigenvalue weighted by atomic mass is 19.1. The number of benzene rings is 1. The molecule has 22 heavy (non-hydrogen) atoms. The maximum Gasteiger partial charge on any atom is 0.322 e. The Morgan fingerprint density at radius 2 is 1.50 bits per heavy atom.